The van der Waals surface area contributed by atoms with Gasteiger partial charge in [-0.2, -0.15) is 0 Å². The van der Waals surface area contributed by atoms with Crippen molar-refractivity contribution < 1.29 is 9.53 Å². The van der Waals surface area contributed by atoms with Crippen molar-refractivity contribution in [3.05, 3.63) is 0 Å². The fourth-order valence-electron chi connectivity index (χ4n) is 2.31. The van der Waals surface area contributed by atoms with E-state index in [2.05, 4.69) is 14.9 Å². The summed E-state index contributed by atoms with van der Waals surface area (Å²) in [6.45, 7) is 9.62. The van der Waals surface area contributed by atoms with E-state index < -0.39 is 5.60 Å². The molecular weight excluding hydrogens is 270 g/mol. The van der Waals surface area contributed by atoms with Crippen LogP contribution in [0.2, 0.25) is 0 Å². The molecular formula is C14H25N5O2. The van der Waals surface area contributed by atoms with Crippen molar-refractivity contribution in [1.29, 1.82) is 0 Å². The smallest absolute Gasteiger partial charge is 0.410 e. The van der Waals surface area contributed by atoms with Crippen LogP contribution in [0.3, 0.4) is 0 Å². The van der Waals surface area contributed by atoms with Gasteiger partial charge in [0.1, 0.15) is 11.8 Å². The average molecular weight is 295 g/mol. The van der Waals surface area contributed by atoms with Gasteiger partial charge in [-0.3, -0.25) is 14.9 Å². The molecule has 0 saturated carbocycles. The molecule has 1 unspecified atom stereocenters. The summed E-state index contributed by atoms with van der Waals surface area (Å²) in [4.78, 5) is 24.9. The lowest BCUT2D eigenvalue weighted by atomic mass is 10.2. The van der Waals surface area contributed by atoms with Crippen LogP contribution in [0.25, 0.3) is 0 Å². The average Bonchev–Trinajstić information content (AvgIpc) is 2.46. The lowest BCUT2D eigenvalue weighted by Gasteiger charge is -2.38. The van der Waals surface area contributed by atoms with Crippen LogP contribution in [0.1, 0.15) is 20.8 Å². The molecule has 0 bridgehead atoms. The predicted octanol–water partition coefficient (Wildman–Crippen LogP) is 0.349. The van der Waals surface area contributed by atoms with E-state index in [1.54, 1.807) is 11.1 Å². The molecule has 0 aromatic carbocycles. The lowest BCUT2D eigenvalue weighted by Crippen LogP contribution is -2.53. The van der Waals surface area contributed by atoms with Gasteiger partial charge in [0.25, 0.3) is 0 Å². The van der Waals surface area contributed by atoms with Crippen molar-refractivity contribution in [2.75, 3.05) is 39.3 Å². The van der Waals surface area contributed by atoms with Crippen molar-refractivity contribution in [2.24, 2.45) is 15.7 Å². The van der Waals surface area contributed by atoms with Crippen LogP contribution in [0, 0.1) is 0 Å². The van der Waals surface area contributed by atoms with Crippen LogP contribution in [0.15, 0.2) is 9.98 Å². The number of carbonyl (C=O) groups is 1. The molecule has 0 spiro atoms. The summed E-state index contributed by atoms with van der Waals surface area (Å²) in [5.74, 6) is 0. The molecule has 7 heteroatoms. The van der Waals surface area contributed by atoms with Gasteiger partial charge in [-0.25, -0.2) is 4.79 Å². The number of amides is 1. The molecule has 2 aliphatic rings. The van der Waals surface area contributed by atoms with Crippen LogP contribution >= 0.6 is 0 Å². The molecule has 1 atom stereocenters. The summed E-state index contributed by atoms with van der Waals surface area (Å²) in [7, 11) is 0. The zero-order valence-corrected chi connectivity index (χ0v) is 13.1. The maximum absolute atomic E-state index is 12.0. The van der Waals surface area contributed by atoms with E-state index in [4.69, 9.17) is 10.5 Å². The highest BCUT2D eigenvalue weighted by Crippen LogP contribution is 2.14. The van der Waals surface area contributed by atoms with E-state index in [-0.39, 0.29) is 12.3 Å². The predicted molar refractivity (Wildman–Crippen MR) is 83.0 cm³/mol. The van der Waals surface area contributed by atoms with Crippen LogP contribution < -0.4 is 5.73 Å². The van der Waals surface area contributed by atoms with Gasteiger partial charge in [-0.1, -0.05) is 0 Å². The number of ether oxygens (including phenoxy) is 1. The van der Waals surface area contributed by atoms with Crippen LogP contribution in [0.5, 0.6) is 0 Å². The molecule has 2 heterocycles. The number of hydrogen-bond donors (Lipinski definition) is 1. The molecule has 2 N–H and O–H groups in total. The first-order valence-corrected chi connectivity index (χ1v) is 7.37. The fourth-order valence-corrected chi connectivity index (χ4v) is 2.31. The Morgan fingerprint density at radius 3 is 2.52 bits per heavy atom. The molecule has 0 radical (unpaired) electrons. The molecule has 0 aliphatic carbocycles. The fraction of sp³-hybridized carbons (Fsp3) is 0.786. The quantitative estimate of drug-likeness (QED) is 0.796. The molecule has 21 heavy (non-hydrogen) atoms. The summed E-state index contributed by atoms with van der Waals surface area (Å²) in [5.41, 5.74) is 5.93. The normalized spacial score (nSPS) is 23.9. The van der Waals surface area contributed by atoms with Crippen molar-refractivity contribution in [3.8, 4) is 0 Å². The Kier molecular flexibility index (Phi) is 4.95. The standard InChI is InChI=1S/C14H25N5O2/c1-14(2,3)21-13(20)19-6-4-18(5-7-19)12-10-16-11(8-15)9-17-12/h9,12H,4-8,10,15H2,1-3H3. The van der Waals surface area contributed by atoms with Crippen molar-refractivity contribution in [2.45, 2.75) is 32.5 Å². The monoisotopic (exact) mass is 295 g/mol. The number of hydrogen-bond acceptors (Lipinski definition) is 6. The van der Waals surface area contributed by atoms with Crippen LogP contribution in [-0.4, -0.2) is 78.9 Å². The highest BCUT2D eigenvalue weighted by atomic mass is 16.6. The minimum absolute atomic E-state index is 0.0705. The molecule has 2 rings (SSSR count). The number of rotatable bonds is 2. The van der Waals surface area contributed by atoms with Gasteiger partial charge in [0.15, 0.2) is 0 Å². The van der Waals surface area contributed by atoms with E-state index in [1.807, 2.05) is 20.8 Å². The first-order valence-electron chi connectivity index (χ1n) is 7.37. The maximum Gasteiger partial charge on any atom is 0.410 e. The van der Waals surface area contributed by atoms with E-state index in [0.29, 0.717) is 26.2 Å². The molecule has 1 fully saturated rings. The van der Waals surface area contributed by atoms with E-state index >= 15 is 0 Å². The molecule has 2 aliphatic heterocycles. The van der Waals surface area contributed by atoms with Gasteiger partial charge in [0.05, 0.1) is 12.3 Å². The maximum atomic E-state index is 12.0. The highest BCUT2D eigenvalue weighted by molar-refractivity contribution is 6.31. The molecule has 1 amide bonds. The number of aliphatic imine (C=N–C) groups is 2. The Morgan fingerprint density at radius 2 is 2.05 bits per heavy atom. The second-order valence-corrected chi connectivity index (χ2v) is 6.30. The summed E-state index contributed by atoms with van der Waals surface area (Å²) in [5, 5.41) is 0. The molecule has 0 aromatic heterocycles. The molecule has 1 saturated heterocycles. The zero-order valence-electron chi connectivity index (χ0n) is 13.1. The second kappa shape index (κ2) is 6.53. The minimum Gasteiger partial charge on any atom is -0.444 e. The third kappa shape index (κ3) is 4.50. The Bertz CT molecular complexity index is 433. The van der Waals surface area contributed by atoms with Crippen molar-refractivity contribution in [3.63, 3.8) is 0 Å². The Labute approximate surface area is 125 Å². The third-order valence-electron chi connectivity index (χ3n) is 3.45. The number of piperazine rings is 1. The van der Waals surface area contributed by atoms with E-state index in [1.165, 1.54) is 0 Å². The van der Waals surface area contributed by atoms with Gasteiger partial charge in [0, 0.05) is 38.9 Å². The topological polar surface area (TPSA) is 83.5 Å². The molecule has 0 aromatic rings. The largest absolute Gasteiger partial charge is 0.444 e. The minimum atomic E-state index is -0.449. The van der Waals surface area contributed by atoms with E-state index in [0.717, 1.165) is 18.8 Å². The summed E-state index contributed by atoms with van der Waals surface area (Å²) in [6.07, 6.45) is 1.59. The first kappa shape index (κ1) is 15.9. The zero-order chi connectivity index (χ0) is 15.5. The first-order chi connectivity index (χ1) is 9.89. The molecule has 7 nitrogen and oxygen atoms in total. The SMILES string of the molecule is CC(C)(C)OC(=O)N1CCN(C2CN=C(CN)C=N2)CC1. The van der Waals surface area contributed by atoms with Gasteiger partial charge in [-0.15, -0.1) is 0 Å². The Balaban J connectivity index is 1.80. The number of carbonyl (C=O) groups excluding carboxylic acids is 1. The van der Waals surface area contributed by atoms with E-state index in [9.17, 15) is 4.79 Å². The summed E-state index contributed by atoms with van der Waals surface area (Å²) >= 11 is 0. The summed E-state index contributed by atoms with van der Waals surface area (Å²) in [6, 6.07) is 0. The van der Waals surface area contributed by atoms with Crippen molar-refractivity contribution in [1.82, 2.24) is 9.80 Å². The van der Waals surface area contributed by atoms with Crippen molar-refractivity contribution >= 4 is 18.0 Å². The number of nitrogens with zero attached hydrogens (tertiary/aromatic N) is 4. The second-order valence-electron chi connectivity index (χ2n) is 6.30. The molecule has 118 valence electrons. The summed E-state index contributed by atoms with van der Waals surface area (Å²) < 4.78 is 5.39. The van der Waals surface area contributed by atoms with Gasteiger partial charge >= 0.3 is 6.09 Å². The Hall–Kier alpha value is -1.47. The third-order valence-corrected chi connectivity index (χ3v) is 3.45. The van der Waals surface area contributed by atoms with Gasteiger partial charge in [0.2, 0.25) is 0 Å². The number of nitrogens with two attached hydrogens (primary N) is 1. The Morgan fingerprint density at radius 1 is 1.38 bits per heavy atom. The van der Waals surface area contributed by atoms with Gasteiger partial charge < -0.3 is 15.4 Å². The lowest BCUT2D eigenvalue weighted by molar-refractivity contribution is 0.0111. The van der Waals surface area contributed by atoms with Crippen LogP contribution in [-0.2, 0) is 4.74 Å². The highest BCUT2D eigenvalue weighted by Gasteiger charge is 2.29. The van der Waals surface area contributed by atoms with Gasteiger partial charge in [-0.05, 0) is 20.8 Å². The van der Waals surface area contributed by atoms with Crippen LogP contribution in [0.4, 0.5) is 4.79 Å².